The molecule has 2 atom stereocenters. The van der Waals surface area contributed by atoms with Crippen LogP contribution in [0, 0.1) is 17.5 Å². The van der Waals surface area contributed by atoms with Gasteiger partial charge in [0.25, 0.3) is 0 Å². The highest BCUT2D eigenvalue weighted by Gasteiger charge is 2.43. The number of hydrogen-bond acceptors (Lipinski definition) is 5. The summed E-state index contributed by atoms with van der Waals surface area (Å²) in [5, 5.41) is 24.1. The number of benzene rings is 2. The van der Waals surface area contributed by atoms with Gasteiger partial charge in [0, 0.05) is 32.8 Å². The van der Waals surface area contributed by atoms with E-state index in [0.29, 0.717) is 4.90 Å². The summed E-state index contributed by atoms with van der Waals surface area (Å²) in [6, 6.07) is 3.32. The van der Waals surface area contributed by atoms with Gasteiger partial charge < -0.3 is 25.2 Å². The molecule has 1 fully saturated rings. The lowest BCUT2D eigenvalue weighted by Crippen LogP contribution is -2.58. The molecule has 0 bridgehead atoms. The van der Waals surface area contributed by atoms with E-state index in [0.717, 1.165) is 24.3 Å². The second kappa shape index (κ2) is 8.22. The van der Waals surface area contributed by atoms with Crippen molar-refractivity contribution < 1.29 is 39.8 Å². The summed E-state index contributed by atoms with van der Waals surface area (Å²) < 4.78 is 90.2. The summed E-state index contributed by atoms with van der Waals surface area (Å²) in [5.74, 6) is -4.15. The first-order valence-corrected chi connectivity index (χ1v) is 9.53. The lowest BCUT2D eigenvalue weighted by molar-refractivity contribution is -0.116. The summed E-state index contributed by atoms with van der Waals surface area (Å²) in [5.41, 5.74) is -4.71. The summed E-state index contributed by atoms with van der Waals surface area (Å²) in [4.78, 5) is 12.3. The molecule has 3 N–H and O–H groups in total. The van der Waals surface area contributed by atoms with Gasteiger partial charge in [0.05, 0.1) is 9.80 Å². The predicted octanol–water partition coefficient (Wildman–Crippen LogP) is 3.02. The van der Waals surface area contributed by atoms with Crippen molar-refractivity contribution in [2.24, 2.45) is 0 Å². The molecule has 0 saturated carbocycles. The van der Waals surface area contributed by atoms with Crippen molar-refractivity contribution >= 4 is 28.9 Å². The van der Waals surface area contributed by atoms with Crippen LogP contribution >= 0.6 is 11.6 Å². The maximum absolute atomic E-state index is 14.5. The van der Waals surface area contributed by atoms with E-state index < -0.39 is 66.7 Å². The topological polar surface area (TPSA) is 82.0 Å². The molecule has 0 spiro atoms. The number of piperidine rings is 1. The summed E-state index contributed by atoms with van der Waals surface area (Å²) in [6.45, 7) is -5.72. The number of ether oxygens (including phenoxy) is 1. The molecule has 2 heterocycles. The fraction of sp³-hybridized carbons (Fsp3) is 0.381. The van der Waals surface area contributed by atoms with Gasteiger partial charge in [0.1, 0.15) is 35.5 Å². The average molecular weight is 462 g/mol. The third-order valence-corrected chi connectivity index (χ3v) is 5.19. The van der Waals surface area contributed by atoms with Crippen LogP contribution in [0.2, 0.25) is 5.02 Å². The summed E-state index contributed by atoms with van der Waals surface area (Å²) in [6.07, 6.45) is -6.82. The number of anilines is 2. The predicted molar refractivity (Wildman–Crippen MR) is 108 cm³/mol. The number of nitrogens with zero attached hydrogens (tertiary/aromatic N) is 1. The fourth-order valence-electron chi connectivity index (χ4n) is 3.40. The normalized spacial score (nSPS) is 30.2. The van der Waals surface area contributed by atoms with E-state index >= 15 is 0 Å². The van der Waals surface area contributed by atoms with Gasteiger partial charge in [-0.2, -0.15) is 0 Å². The molecular formula is C21H20ClF3N2O4. The third-order valence-electron chi connectivity index (χ3n) is 4.98. The Balaban J connectivity index is 1.74. The van der Waals surface area contributed by atoms with Crippen LogP contribution in [0.4, 0.5) is 24.5 Å². The van der Waals surface area contributed by atoms with E-state index in [1.165, 1.54) is 0 Å². The van der Waals surface area contributed by atoms with E-state index in [1.807, 2.05) is 0 Å². The molecule has 2 aromatic carbocycles. The van der Waals surface area contributed by atoms with Crippen LogP contribution in [0.25, 0.3) is 0 Å². The van der Waals surface area contributed by atoms with Gasteiger partial charge in [-0.3, -0.25) is 4.79 Å². The van der Waals surface area contributed by atoms with Crippen LogP contribution in [0.15, 0.2) is 24.3 Å². The summed E-state index contributed by atoms with van der Waals surface area (Å²) >= 11 is 5.61. The number of carbonyl (C=O) groups excluding carboxylic acids is 1. The van der Waals surface area contributed by atoms with Crippen LogP contribution in [-0.4, -0.2) is 47.4 Å². The van der Waals surface area contributed by atoms with Gasteiger partial charge in [-0.05, 0) is 37.1 Å². The highest BCUT2D eigenvalue weighted by atomic mass is 35.5. The minimum Gasteiger partial charge on any atom is -0.490 e. The smallest absolute Gasteiger partial charge is 0.224 e. The quantitative estimate of drug-likeness (QED) is 0.652. The highest BCUT2D eigenvalue weighted by Crippen LogP contribution is 2.36. The van der Waals surface area contributed by atoms with Crippen molar-refractivity contribution in [3.8, 4) is 5.75 Å². The van der Waals surface area contributed by atoms with E-state index in [9.17, 15) is 28.2 Å². The van der Waals surface area contributed by atoms with Gasteiger partial charge in [-0.15, -0.1) is 0 Å². The van der Waals surface area contributed by atoms with Crippen LogP contribution < -0.4 is 15.0 Å². The lowest BCUT2D eigenvalue weighted by atomic mass is 9.89. The standard InChI is InChI=1S/C21H20ClF3N2O4/c22-11-7-14(24)20(15(25)8-11)27-6-5-21(30,17(28)9-27)10-31-16-3-2-13(23)19-12(16)1-4-18(29)26-19/h2-3,7-8,17,28,30H,1,4-6,9-10H2,(H,26,29)/t17-,21-/m1/s1/i5D2,10D2,17D. The van der Waals surface area contributed by atoms with Crippen molar-refractivity contribution in [1.29, 1.82) is 0 Å². The van der Waals surface area contributed by atoms with E-state index in [1.54, 1.807) is 0 Å². The first-order chi connectivity index (χ1) is 16.5. The van der Waals surface area contributed by atoms with Crippen molar-refractivity contribution in [3.05, 3.63) is 52.3 Å². The van der Waals surface area contributed by atoms with E-state index in [-0.39, 0.29) is 34.9 Å². The zero-order chi connectivity index (χ0) is 26.8. The number of fused-ring (bicyclic) bond motifs is 1. The van der Waals surface area contributed by atoms with Crippen molar-refractivity contribution in [2.45, 2.75) is 30.9 Å². The second-order valence-corrected chi connectivity index (χ2v) is 7.50. The Morgan fingerprint density at radius 1 is 1.32 bits per heavy atom. The summed E-state index contributed by atoms with van der Waals surface area (Å²) in [7, 11) is 0. The Labute approximate surface area is 188 Å². The van der Waals surface area contributed by atoms with E-state index in [4.69, 9.17) is 23.2 Å². The Kier molecular flexibility index (Phi) is 4.29. The number of aliphatic hydroxyl groups is 2. The molecule has 10 heteroatoms. The Bertz CT molecular complexity index is 1210. The molecule has 6 nitrogen and oxygen atoms in total. The molecule has 2 aliphatic rings. The maximum Gasteiger partial charge on any atom is 0.224 e. The molecule has 0 radical (unpaired) electrons. The van der Waals surface area contributed by atoms with Crippen molar-refractivity contribution in [2.75, 3.05) is 29.9 Å². The average Bonchev–Trinajstić information content (AvgIpc) is 2.72. The molecule has 2 aliphatic heterocycles. The molecule has 4 rings (SSSR count). The van der Waals surface area contributed by atoms with Crippen LogP contribution in [0.5, 0.6) is 5.75 Å². The largest absolute Gasteiger partial charge is 0.490 e. The number of halogens is 4. The monoisotopic (exact) mass is 461 g/mol. The lowest BCUT2D eigenvalue weighted by Gasteiger charge is -2.42. The first kappa shape index (κ1) is 16.2. The number of rotatable bonds is 4. The van der Waals surface area contributed by atoms with Gasteiger partial charge in [0.2, 0.25) is 5.91 Å². The minimum atomic E-state index is -3.62. The molecular weight excluding hydrogens is 437 g/mol. The van der Waals surface area contributed by atoms with Gasteiger partial charge in [-0.1, -0.05) is 11.6 Å². The molecule has 2 aromatic rings. The molecule has 0 aromatic heterocycles. The zero-order valence-electron chi connectivity index (χ0n) is 20.8. The van der Waals surface area contributed by atoms with Gasteiger partial charge >= 0.3 is 0 Å². The van der Waals surface area contributed by atoms with Crippen LogP contribution in [0.1, 0.15) is 25.2 Å². The van der Waals surface area contributed by atoms with E-state index in [2.05, 4.69) is 5.32 Å². The van der Waals surface area contributed by atoms with Gasteiger partial charge in [-0.25, -0.2) is 13.2 Å². The number of hydrogen-bond donors (Lipinski definition) is 3. The molecule has 31 heavy (non-hydrogen) atoms. The van der Waals surface area contributed by atoms with Crippen molar-refractivity contribution in [3.63, 3.8) is 0 Å². The molecule has 0 unspecified atom stereocenters. The van der Waals surface area contributed by atoms with Crippen molar-refractivity contribution in [1.82, 2.24) is 0 Å². The zero-order valence-corrected chi connectivity index (χ0v) is 16.6. The number of carbonyl (C=O) groups is 1. The van der Waals surface area contributed by atoms with Crippen LogP contribution in [0.3, 0.4) is 0 Å². The molecule has 0 aliphatic carbocycles. The SMILES string of the molecule is [2H]C1([2H])CN(c2c(F)cc(Cl)cc2F)C[C@@]([2H])(O)[C@]1(O)C([2H])([2H])Oc1ccc(F)c2c1CCC(=O)N2. The second-order valence-electron chi connectivity index (χ2n) is 7.06. The molecule has 166 valence electrons. The molecule has 1 amide bonds. The Hall–Kier alpha value is -2.49. The highest BCUT2D eigenvalue weighted by molar-refractivity contribution is 6.30. The third kappa shape index (κ3) is 4.17. The number of amides is 1. The Morgan fingerprint density at radius 3 is 2.71 bits per heavy atom. The Morgan fingerprint density at radius 2 is 2.03 bits per heavy atom. The van der Waals surface area contributed by atoms with Crippen LogP contribution in [-0.2, 0) is 11.2 Å². The fourth-order valence-corrected chi connectivity index (χ4v) is 3.59. The maximum atomic E-state index is 14.5. The molecule has 1 saturated heterocycles. The van der Waals surface area contributed by atoms with Gasteiger partial charge in [0.15, 0.2) is 11.6 Å². The first-order valence-electron chi connectivity index (χ1n) is 11.7. The number of nitrogens with one attached hydrogen (secondary N) is 1. The minimum absolute atomic E-state index is 0.0268. The number of β-amino-alcohol motifs (C(OH)–C–C–N with tert-alkyl or cyclic N) is 1.